The van der Waals surface area contributed by atoms with Gasteiger partial charge in [-0.1, -0.05) is 30.7 Å². The molecule has 3 aromatic rings. The molecule has 2 aromatic heterocycles. The maximum Gasteiger partial charge on any atom is 0.250 e. The molecule has 0 saturated heterocycles. The highest BCUT2D eigenvalue weighted by Crippen LogP contribution is 2.45. The molecule has 0 aliphatic heterocycles. The number of nitrogen functional groups attached to an aromatic ring is 1. The van der Waals surface area contributed by atoms with Gasteiger partial charge in [-0.05, 0) is 36.1 Å². The van der Waals surface area contributed by atoms with Crippen LogP contribution in [0, 0.1) is 0 Å². The van der Waals surface area contributed by atoms with E-state index in [-0.39, 0.29) is 11.9 Å². The van der Waals surface area contributed by atoms with Crippen molar-refractivity contribution in [2.24, 2.45) is 5.73 Å². The number of nitrogens with zero attached hydrogens (tertiary/aromatic N) is 3. The lowest BCUT2D eigenvalue weighted by Crippen LogP contribution is -2.46. The van der Waals surface area contributed by atoms with Gasteiger partial charge in [0.15, 0.2) is 0 Å². The summed E-state index contributed by atoms with van der Waals surface area (Å²) in [5.41, 5.74) is 13.2. The average molecular weight is 388 g/mol. The first-order chi connectivity index (χ1) is 14.0. The van der Waals surface area contributed by atoms with Crippen molar-refractivity contribution in [3.8, 4) is 11.1 Å². The lowest BCUT2D eigenvalue weighted by molar-refractivity contribution is -0.124. The molecule has 0 bridgehead atoms. The Morgan fingerprint density at radius 3 is 2.10 bits per heavy atom. The third-order valence-electron chi connectivity index (χ3n) is 5.37. The van der Waals surface area contributed by atoms with Crippen LogP contribution in [0.2, 0.25) is 0 Å². The van der Waals surface area contributed by atoms with Gasteiger partial charge in [0, 0.05) is 24.2 Å². The van der Waals surface area contributed by atoms with E-state index in [0.717, 1.165) is 36.0 Å². The number of carbonyl (C=O) groups is 2. The number of hydrogen-bond donors (Lipinski definition) is 3. The maximum atomic E-state index is 13.1. The van der Waals surface area contributed by atoms with E-state index in [9.17, 15) is 9.59 Å². The fraction of sp³-hybridized carbons (Fsp3) is 0.190. The Hall–Kier alpha value is -3.81. The summed E-state index contributed by atoms with van der Waals surface area (Å²) in [4.78, 5) is 36.3. The fourth-order valence-corrected chi connectivity index (χ4v) is 3.50. The van der Waals surface area contributed by atoms with Crippen LogP contribution in [0.5, 0.6) is 0 Å². The van der Waals surface area contributed by atoms with Gasteiger partial charge in [0.25, 0.3) is 0 Å². The van der Waals surface area contributed by atoms with E-state index >= 15 is 0 Å². The molecule has 0 radical (unpaired) electrons. The molecule has 5 N–H and O–H groups in total. The number of aromatic nitrogens is 3. The summed E-state index contributed by atoms with van der Waals surface area (Å²) < 4.78 is 0. The van der Waals surface area contributed by atoms with Crippen LogP contribution in [0.15, 0.2) is 55.0 Å². The summed E-state index contributed by atoms with van der Waals surface area (Å²) >= 11 is 0. The molecule has 2 amide bonds. The summed E-state index contributed by atoms with van der Waals surface area (Å²) in [7, 11) is 0. The van der Waals surface area contributed by atoms with E-state index in [1.807, 2.05) is 24.3 Å². The highest BCUT2D eigenvalue weighted by atomic mass is 16.2. The van der Waals surface area contributed by atoms with E-state index in [4.69, 9.17) is 11.5 Å². The second-order valence-electron chi connectivity index (χ2n) is 7.09. The summed E-state index contributed by atoms with van der Waals surface area (Å²) in [6.07, 6.45) is 7.21. The molecule has 146 valence electrons. The van der Waals surface area contributed by atoms with E-state index in [0.29, 0.717) is 11.4 Å². The topological polar surface area (TPSA) is 137 Å². The highest BCUT2D eigenvalue weighted by Gasteiger charge is 2.45. The van der Waals surface area contributed by atoms with Crippen LogP contribution in [0.1, 0.15) is 35.2 Å². The van der Waals surface area contributed by atoms with Crippen LogP contribution in [0.25, 0.3) is 11.1 Å². The number of anilines is 2. The van der Waals surface area contributed by atoms with Crippen molar-refractivity contribution in [2.45, 2.75) is 24.7 Å². The third-order valence-corrected chi connectivity index (χ3v) is 5.37. The van der Waals surface area contributed by atoms with Crippen molar-refractivity contribution >= 4 is 23.6 Å². The summed E-state index contributed by atoms with van der Waals surface area (Å²) in [6, 6.07) is 11.0. The normalized spacial score (nSPS) is 14.6. The molecule has 0 unspecified atom stereocenters. The van der Waals surface area contributed by atoms with E-state index in [1.165, 1.54) is 6.20 Å². The largest absolute Gasteiger partial charge is 0.368 e. The van der Waals surface area contributed by atoms with E-state index in [2.05, 4.69) is 20.3 Å². The molecule has 29 heavy (non-hydrogen) atoms. The second-order valence-corrected chi connectivity index (χ2v) is 7.09. The molecule has 4 rings (SSSR count). The van der Waals surface area contributed by atoms with Crippen LogP contribution in [0.3, 0.4) is 0 Å². The summed E-state index contributed by atoms with van der Waals surface area (Å²) in [5.74, 6) is -0.0427. The number of nitrogens with one attached hydrogen (secondary N) is 1. The standard InChI is InChI=1S/C21H20N6O2/c22-18(28)14-4-7-17(24-10-14)27-19(29)21(8-1-9-21)16-5-2-13(3-6-16)15-11-25-20(23)26-12-15/h2-7,10-12H,1,8-9H2,(H2,22,28)(H2,23,25,26)(H,24,27,29). The molecule has 1 aromatic carbocycles. The van der Waals surface area contributed by atoms with Gasteiger partial charge in [0.1, 0.15) is 5.82 Å². The van der Waals surface area contributed by atoms with Crippen molar-refractivity contribution in [2.75, 3.05) is 11.1 Å². The van der Waals surface area contributed by atoms with E-state index < -0.39 is 11.3 Å². The molecule has 8 heteroatoms. The van der Waals surface area contributed by atoms with E-state index in [1.54, 1.807) is 24.5 Å². The number of nitrogens with two attached hydrogens (primary N) is 2. The number of pyridine rings is 1. The number of hydrogen-bond acceptors (Lipinski definition) is 6. The number of benzene rings is 1. The lowest BCUT2D eigenvalue weighted by Gasteiger charge is -2.40. The zero-order valence-electron chi connectivity index (χ0n) is 15.6. The van der Waals surface area contributed by atoms with Gasteiger partial charge in [-0.15, -0.1) is 0 Å². The van der Waals surface area contributed by atoms with Crippen molar-refractivity contribution in [1.29, 1.82) is 0 Å². The zero-order chi connectivity index (χ0) is 20.4. The molecule has 2 heterocycles. The van der Waals surface area contributed by atoms with Crippen molar-refractivity contribution in [1.82, 2.24) is 15.0 Å². The Morgan fingerprint density at radius 2 is 1.59 bits per heavy atom. The van der Waals surface area contributed by atoms with Gasteiger partial charge in [0.2, 0.25) is 17.8 Å². The molecular weight excluding hydrogens is 368 g/mol. The van der Waals surface area contributed by atoms with Gasteiger partial charge in [0.05, 0.1) is 11.0 Å². The number of primary amides is 1. The smallest absolute Gasteiger partial charge is 0.250 e. The van der Waals surface area contributed by atoms with Gasteiger partial charge >= 0.3 is 0 Å². The van der Waals surface area contributed by atoms with Crippen LogP contribution in [-0.2, 0) is 10.2 Å². The highest BCUT2D eigenvalue weighted by molar-refractivity contribution is 5.99. The number of rotatable bonds is 5. The monoisotopic (exact) mass is 388 g/mol. The molecule has 0 spiro atoms. The first-order valence-electron chi connectivity index (χ1n) is 9.24. The molecule has 1 fully saturated rings. The van der Waals surface area contributed by atoms with Crippen molar-refractivity contribution in [3.63, 3.8) is 0 Å². The van der Waals surface area contributed by atoms with Crippen LogP contribution >= 0.6 is 0 Å². The average Bonchev–Trinajstić information content (AvgIpc) is 2.69. The van der Waals surface area contributed by atoms with Gasteiger partial charge in [-0.2, -0.15) is 0 Å². The minimum absolute atomic E-state index is 0.105. The minimum atomic E-state index is -0.583. The van der Waals surface area contributed by atoms with Gasteiger partial charge in [-0.25, -0.2) is 15.0 Å². The first-order valence-corrected chi connectivity index (χ1v) is 9.24. The Labute approximate surface area is 167 Å². The Kier molecular flexibility index (Phi) is 4.67. The quantitative estimate of drug-likeness (QED) is 0.613. The fourth-order valence-electron chi connectivity index (χ4n) is 3.50. The molecule has 1 aliphatic carbocycles. The summed E-state index contributed by atoms with van der Waals surface area (Å²) in [5, 5.41) is 2.87. The summed E-state index contributed by atoms with van der Waals surface area (Å²) in [6.45, 7) is 0. The van der Waals surface area contributed by atoms with Crippen LogP contribution in [0.4, 0.5) is 11.8 Å². The van der Waals surface area contributed by atoms with Gasteiger partial charge in [-0.3, -0.25) is 9.59 Å². The molecular formula is C21H20N6O2. The predicted octanol–water partition coefficient (Wildman–Crippen LogP) is 2.28. The SMILES string of the molecule is NC(=O)c1ccc(NC(=O)C2(c3ccc(-c4cnc(N)nc4)cc3)CCC2)nc1. The molecule has 0 atom stereocenters. The second kappa shape index (κ2) is 7.31. The van der Waals surface area contributed by atoms with Crippen LogP contribution in [-0.4, -0.2) is 26.8 Å². The predicted molar refractivity (Wildman–Crippen MR) is 109 cm³/mol. The zero-order valence-corrected chi connectivity index (χ0v) is 15.6. The number of carbonyl (C=O) groups excluding carboxylic acids is 2. The minimum Gasteiger partial charge on any atom is -0.368 e. The van der Waals surface area contributed by atoms with Crippen molar-refractivity contribution < 1.29 is 9.59 Å². The molecule has 1 saturated carbocycles. The van der Waals surface area contributed by atoms with Crippen molar-refractivity contribution in [3.05, 3.63) is 66.1 Å². The lowest BCUT2D eigenvalue weighted by atomic mass is 9.63. The molecule has 8 nitrogen and oxygen atoms in total. The first kappa shape index (κ1) is 18.5. The molecule has 1 aliphatic rings. The Balaban J connectivity index is 1.54. The Morgan fingerprint density at radius 1 is 0.897 bits per heavy atom. The maximum absolute atomic E-state index is 13.1. The Bertz CT molecular complexity index is 1040. The van der Waals surface area contributed by atoms with Crippen LogP contribution < -0.4 is 16.8 Å². The number of amides is 2. The van der Waals surface area contributed by atoms with Gasteiger partial charge < -0.3 is 16.8 Å². The third kappa shape index (κ3) is 3.52.